The van der Waals surface area contributed by atoms with Gasteiger partial charge in [-0.3, -0.25) is 14.7 Å². The van der Waals surface area contributed by atoms with Crippen LogP contribution in [0.1, 0.15) is 16.3 Å². The number of rotatable bonds is 4. The Morgan fingerprint density at radius 1 is 1.21 bits per heavy atom. The molecule has 9 nitrogen and oxygen atoms in total. The van der Waals surface area contributed by atoms with Crippen molar-refractivity contribution in [2.75, 3.05) is 0 Å². The molecular weight excluding hydrogens is 378 g/mol. The Morgan fingerprint density at radius 3 is 2.89 bits per heavy atom. The molecule has 0 aliphatic carbocycles. The number of pyridine rings is 1. The molecule has 5 heterocycles. The van der Waals surface area contributed by atoms with Gasteiger partial charge in [-0.2, -0.15) is 10.2 Å². The first-order valence-corrected chi connectivity index (χ1v) is 9.42. The lowest BCUT2D eigenvalue weighted by Gasteiger charge is -2.05. The largest absolute Gasteiger partial charge is 0.329 e. The molecule has 0 bridgehead atoms. The maximum atomic E-state index is 13.0. The number of H-pyrrole nitrogens is 2. The van der Waals surface area contributed by atoms with Crippen LogP contribution in [0.15, 0.2) is 46.4 Å². The Kier molecular flexibility index (Phi) is 3.72. The molecule has 0 fully saturated rings. The van der Waals surface area contributed by atoms with Crippen molar-refractivity contribution in [3.8, 4) is 0 Å². The van der Waals surface area contributed by atoms with Crippen molar-refractivity contribution in [2.45, 2.75) is 13.0 Å². The molecule has 28 heavy (non-hydrogen) atoms. The summed E-state index contributed by atoms with van der Waals surface area (Å²) in [6.45, 7) is 0.113. The van der Waals surface area contributed by atoms with E-state index in [1.807, 2.05) is 13.1 Å². The lowest BCUT2D eigenvalue weighted by Crippen LogP contribution is -2.27. The molecule has 0 amide bonds. The van der Waals surface area contributed by atoms with E-state index < -0.39 is 0 Å². The Balaban J connectivity index is 1.61. The van der Waals surface area contributed by atoms with Crippen molar-refractivity contribution < 1.29 is 0 Å². The number of aryl methyl sites for hydroxylation is 1. The highest BCUT2D eigenvalue weighted by molar-refractivity contribution is 7.19. The number of hydrogen-bond acceptors (Lipinski definition) is 6. The van der Waals surface area contributed by atoms with Gasteiger partial charge in [0.15, 0.2) is 5.65 Å². The number of aromatic nitrogens is 7. The summed E-state index contributed by atoms with van der Waals surface area (Å²) in [5.41, 5.74) is 2.20. The molecule has 0 spiro atoms. The molecule has 5 aromatic heterocycles. The normalized spacial score (nSPS) is 11.6. The van der Waals surface area contributed by atoms with Gasteiger partial charge in [0.1, 0.15) is 10.5 Å². The van der Waals surface area contributed by atoms with Gasteiger partial charge in [0, 0.05) is 36.8 Å². The number of hydrogen-bond donors (Lipinski definition) is 2. The molecule has 0 saturated carbocycles. The van der Waals surface area contributed by atoms with E-state index >= 15 is 0 Å². The zero-order valence-electron chi connectivity index (χ0n) is 14.8. The summed E-state index contributed by atoms with van der Waals surface area (Å²) >= 11 is 1.54. The van der Waals surface area contributed by atoms with Gasteiger partial charge >= 0.3 is 0 Å². The summed E-state index contributed by atoms with van der Waals surface area (Å²) in [4.78, 5) is 32.2. The van der Waals surface area contributed by atoms with Gasteiger partial charge in [-0.1, -0.05) is 6.07 Å². The van der Waals surface area contributed by atoms with Crippen LogP contribution in [0.5, 0.6) is 0 Å². The summed E-state index contributed by atoms with van der Waals surface area (Å²) in [6.07, 6.45) is 5.64. The molecule has 5 aromatic rings. The van der Waals surface area contributed by atoms with Crippen LogP contribution in [-0.2, 0) is 20.0 Å². The van der Waals surface area contributed by atoms with Gasteiger partial charge in [-0.25, -0.2) is 9.67 Å². The zero-order valence-corrected chi connectivity index (χ0v) is 15.7. The lowest BCUT2D eigenvalue weighted by atomic mass is 10.3. The standard InChI is InChI=1S/C18H15N7O2S/c1-24-14-12(15-16(24)22-13(28-15)7-11-4-6-20-23-11)8-21-25(18(14)27)9-10-3-2-5-19-17(10)26/h2-6,8H,7,9H2,1H3,(H,19,26)(H,20,23). The predicted molar refractivity (Wildman–Crippen MR) is 106 cm³/mol. The third-order valence-corrected chi connectivity index (χ3v) is 5.76. The van der Waals surface area contributed by atoms with Crippen LogP contribution in [0.3, 0.4) is 0 Å². The lowest BCUT2D eigenvalue weighted by molar-refractivity contribution is 0.639. The Morgan fingerprint density at radius 2 is 2.11 bits per heavy atom. The van der Waals surface area contributed by atoms with E-state index in [9.17, 15) is 9.59 Å². The first kappa shape index (κ1) is 16.6. The monoisotopic (exact) mass is 393 g/mol. The van der Waals surface area contributed by atoms with Crippen LogP contribution < -0.4 is 11.1 Å². The van der Waals surface area contributed by atoms with Crippen LogP contribution >= 0.6 is 11.3 Å². The molecule has 0 saturated heterocycles. The van der Waals surface area contributed by atoms with Gasteiger partial charge in [-0.15, -0.1) is 11.3 Å². The van der Waals surface area contributed by atoms with E-state index in [1.165, 1.54) is 16.0 Å². The highest BCUT2D eigenvalue weighted by atomic mass is 32.1. The Hall–Kier alpha value is -3.53. The van der Waals surface area contributed by atoms with E-state index in [-0.39, 0.29) is 17.7 Å². The summed E-state index contributed by atoms with van der Waals surface area (Å²) in [7, 11) is 1.82. The maximum Gasteiger partial charge on any atom is 0.291 e. The van der Waals surface area contributed by atoms with Crippen molar-refractivity contribution in [3.05, 3.63) is 73.8 Å². The second-order valence-corrected chi connectivity index (χ2v) is 7.54. The molecule has 0 atom stereocenters. The van der Waals surface area contributed by atoms with Gasteiger partial charge in [-0.05, 0) is 12.1 Å². The van der Waals surface area contributed by atoms with E-state index in [0.29, 0.717) is 17.5 Å². The van der Waals surface area contributed by atoms with Crippen molar-refractivity contribution in [3.63, 3.8) is 0 Å². The maximum absolute atomic E-state index is 13.0. The minimum absolute atomic E-state index is 0.113. The van der Waals surface area contributed by atoms with Crippen LogP contribution in [-0.4, -0.2) is 34.5 Å². The minimum atomic E-state index is -0.248. The number of nitrogens with zero attached hydrogens (tertiary/aromatic N) is 5. The highest BCUT2D eigenvalue weighted by Crippen LogP contribution is 2.31. The van der Waals surface area contributed by atoms with E-state index in [0.717, 1.165) is 26.4 Å². The topological polar surface area (TPSA) is 114 Å². The number of nitrogens with one attached hydrogen (secondary N) is 2. The molecule has 0 aliphatic heterocycles. The molecule has 2 N–H and O–H groups in total. The van der Waals surface area contributed by atoms with E-state index in [4.69, 9.17) is 0 Å². The van der Waals surface area contributed by atoms with Gasteiger partial charge in [0.25, 0.3) is 11.1 Å². The molecule has 0 radical (unpaired) electrons. The second-order valence-electron chi connectivity index (χ2n) is 6.46. The van der Waals surface area contributed by atoms with Gasteiger partial charge in [0.2, 0.25) is 0 Å². The Bertz CT molecular complexity index is 1420. The predicted octanol–water partition coefficient (Wildman–Crippen LogP) is 1.40. The molecule has 0 unspecified atom stereocenters. The van der Waals surface area contributed by atoms with Crippen molar-refractivity contribution in [1.29, 1.82) is 0 Å². The highest BCUT2D eigenvalue weighted by Gasteiger charge is 2.18. The first-order chi connectivity index (χ1) is 13.6. The quantitative estimate of drug-likeness (QED) is 0.479. The van der Waals surface area contributed by atoms with Crippen molar-refractivity contribution in [1.82, 2.24) is 34.5 Å². The third kappa shape index (κ3) is 2.57. The van der Waals surface area contributed by atoms with E-state index in [2.05, 4.69) is 25.3 Å². The van der Waals surface area contributed by atoms with Crippen LogP contribution in [0.2, 0.25) is 0 Å². The van der Waals surface area contributed by atoms with E-state index in [1.54, 1.807) is 35.3 Å². The fraction of sp³-hybridized carbons (Fsp3) is 0.167. The number of fused-ring (bicyclic) bond motifs is 3. The summed E-state index contributed by atoms with van der Waals surface area (Å²) < 4.78 is 4.03. The smallest absolute Gasteiger partial charge is 0.291 e. The fourth-order valence-corrected chi connectivity index (χ4v) is 4.43. The second kappa shape index (κ2) is 6.27. The number of aromatic amines is 2. The van der Waals surface area contributed by atoms with Gasteiger partial charge < -0.3 is 9.55 Å². The van der Waals surface area contributed by atoms with Crippen molar-refractivity contribution in [2.24, 2.45) is 7.05 Å². The molecule has 0 aliphatic rings. The zero-order chi connectivity index (χ0) is 19.3. The molecule has 0 aromatic carbocycles. The average molecular weight is 393 g/mol. The third-order valence-electron chi connectivity index (χ3n) is 4.68. The minimum Gasteiger partial charge on any atom is -0.329 e. The first-order valence-electron chi connectivity index (χ1n) is 8.61. The molecular formula is C18H15N7O2S. The average Bonchev–Trinajstić information content (AvgIpc) is 3.39. The van der Waals surface area contributed by atoms with Crippen LogP contribution in [0.4, 0.5) is 0 Å². The van der Waals surface area contributed by atoms with Crippen LogP contribution in [0, 0.1) is 0 Å². The summed E-state index contributed by atoms with van der Waals surface area (Å²) in [5, 5.41) is 13.0. The fourth-order valence-electron chi connectivity index (χ4n) is 3.31. The molecule has 10 heteroatoms. The number of thiazole rings is 1. The van der Waals surface area contributed by atoms with Gasteiger partial charge in [0.05, 0.1) is 23.1 Å². The van der Waals surface area contributed by atoms with Crippen LogP contribution in [0.25, 0.3) is 21.3 Å². The summed E-state index contributed by atoms with van der Waals surface area (Å²) in [5.74, 6) is 0. The molecule has 5 rings (SSSR count). The molecule has 140 valence electrons. The summed E-state index contributed by atoms with van der Waals surface area (Å²) in [6, 6.07) is 5.32. The Labute approximate surface area is 161 Å². The van der Waals surface area contributed by atoms with Crippen molar-refractivity contribution >= 4 is 32.6 Å². The SMILES string of the molecule is Cn1c2nc(Cc3cc[nH]n3)sc2c2cnn(Cc3ccc[nH]c3=O)c(=O)c21.